The number of anilines is 2. The molecule has 1 N–H and O–H groups in total. The summed E-state index contributed by atoms with van der Waals surface area (Å²) >= 11 is 0. The van der Waals surface area contributed by atoms with E-state index < -0.39 is 17.5 Å². The molecule has 0 unspecified atom stereocenters. The Hall–Kier alpha value is -2.44. The van der Waals surface area contributed by atoms with Gasteiger partial charge < -0.3 is 15.1 Å². The van der Waals surface area contributed by atoms with E-state index in [9.17, 15) is 18.8 Å². The van der Waals surface area contributed by atoms with E-state index in [-0.39, 0.29) is 11.5 Å². The molecule has 1 fully saturated rings. The normalized spacial score (nSPS) is 17.8. The maximum Gasteiger partial charge on any atom is 0.296 e. The second-order valence-electron chi connectivity index (χ2n) is 5.13. The van der Waals surface area contributed by atoms with Gasteiger partial charge >= 0.3 is 0 Å². The maximum atomic E-state index is 14.2. The van der Waals surface area contributed by atoms with Crippen LogP contribution < -0.4 is 10.2 Å². The number of amides is 2. The molecule has 0 saturated carbocycles. The molecule has 1 aromatic rings. The summed E-state index contributed by atoms with van der Waals surface area (Å²) in [4.78, 5) is 37.6. The number of ketones is 1. The molecule has 1 aromatic carbocycles. The Morgan fingerprint density at radius 3 is 2.48 bits per heavy atom. The van der Waals surface area contributed by atoms with Gasteiger partial charge in [-0.15, -0.1) is 0 Å². The van der Waals surface area contributed by atoms with Crippen molar-refractivity contribution in [2.75, 3.05) is 36.4 Å². The van der Waals surface area contributed by atoms with Gasteiger partial charge in [-0.3, -0.25) is 14.4 Å². The molecule has 0 aliphatic carbocycles. The summed E-state index contributed by atoms with van der Waals surface area (Å²) in [6.07, 6.45) is 0. The average molecular weight is 291 g/mol. The van der Waals surface area contributed by atoms with Gasteiger partial charge in [0.25, 0.3) is 11.7 Å². The summed E-state index contributed by atoms with van der Waals surface area (Å²) in [5.74, 6) is -1.98. The van der Waals surface area contributed by atoms with Crippen LogP contribution in [0.2, 0.25) is 0 Å². The van der Waals surface area contributed by atoms with E-state index in [0.29, 0.717) is 37.6 Å². The van der Waals surface area contributed by atoms with Gasteiger partial charge in [0.15, 0.2) is 0 Å². The number of hydrogen-bond donors (Lipinski definition) is 1. The van der Waals surface area contributed by atoms with Gasteiger partial charge in [0.1, 0.15) is 5.82 Å². The minimum Gasteiger partial charge on any atom is -0.366 e. The molecule has 2 aliphatic heterocycles. The van der Waals surface area contributed by atoms with Crippen LogP contribution in [0.4, 0.5) is 15.8 Å². The Morgan fingerprint density at radius 1 is 1.19 bits per heavy atom. The van der Waals surface area contributed by atoms with Crippen LogP contribution in [0.1, 0.15) is 17.3 Å². The third-order valence-electron chi connectivity index (χ3n) is 3.85. The summed E-state index contributed by atoms with van der Waals surface area (Å²) in [5, 5.41) is 2.43. The molecule has 0 aromatic heterocycles. The number of Topliss-reactive ketones (excluding diaryl/α,β-unsaturated/α-hetero) is 1. The summed E-state index contributed by atoms with van der Waals surface area (Å²) in [6.45, 7) is 3.58. The predicted octanol–water partition coefficient (Wildman–Crippen LogP) is 0.629. The fourth-order valence-corrected chi connectivity index (χ4v) is 2.66. The number of carbonyl (C=O) groups excluding carboxylic acids is 3. The third-order valence-corrected chi connectivity index (χ3v) is 3.85. The number of rotatable bonds is 1. The maximum absolute atomic E-state index is 14.2. The fraction of sp³-hybridized carbons (Fsp3) is 0.357. The lowest BCUT2D eigenvalue weighted by Crippen LogP contribution is -2.48. The number of nitrogens with one attached hydrogen (secondary N) is 1. The first kappa shape index (κ1) is 13.5. The van der Waals surface area contributed by atoms with Crippen LogP contribution in [0.15, 0.2) is 12.1 Å². The van der Waals surface area contributed by atoms with Crippen LogP contribution in [0.5, 0.6) is 0 Å². The van der Waals surface area contributed by atoms with Crippen molar-refractivity contribution in [3.05, 3.63) is 23.5 Å². The van der Waals surface area contributed by atoms with Gasteiger partial charge in [-0.2, -0.15) is 0 Å². The van der Waals surface area contributed by atoms with Crippen LogP contribution in [0.25, 0.3) is 0 Å². The van der Waals surface area contributed by atoms with E-state index in [1.54, 1.807) is 4.90 Å². The highest BCUT2D eigenvalue weighted by molar-refractivity contribution is 6.51. The molecule has 110 valence electrons. The number of fused-ring (bicyclic) bond motifs is 1. The summed E-state index contributed by atoms with van der Waals surface area (Å²) in [5.41, 5.74) is 0.756. The number of benzene rings is 1. The van der Waals surface area contributed by atoms with E-state index in [0.717, 1.165) is 6.07 Å². The first-order chi connectivity index (χ1) is 9.97. The van der Waals surface area contributed by atoms with Crippen molar-refractivity contribution in [2.45, 2.75) is 6.92 Å². The molecule has 0 bridgehead atoms. The second-order valence-corrected chi connectivity index (χ2v) is 5.13. The highest BCUT2D eigenvalue weighted by Crippen LogP contribution is 2.31. The quantitative estimate of drug-likeness (QED) is 0.771. The molecule has 0 atom stereocenters. The molecular formula is C14H14FN3O3. The topological polar surface area (TPSA) is 69.7 Å². The van der Waals surface area contributed by atoms with Gasteiger partial charge in [-0.05, 0) is 12.1 Å². The van der Waals surface area contributed by atoms with Crippen molar-refractivity contribution >= 4 is 29.0 Å². The largest absolute Gasteiger partial charge is 0.366 e. The number of piperazine rings is 1. The van der Waals surface area contributed by atoms with E-state index in [1.165, 1.54) is 13.0 Å². The Kier molecular flexibility index (Phi) is 3.12. The van der Waals surface area contributed by atoms with Crippen LogP contribution in [0, 0.1) is 5.82 Å². The summed E-state index contributed by atoms with van der Waals surface area (Å²) in [7, 11) is 0. The molecule has 0 spiro atoms. The number of carbonyl (C=O) groups is 3. The fourth-order valence-electron chi connectivity index (χ4n) is 2.66. The molecule has 21 heavy (non-hydrogen) atoms. The van der Waals surface area contributed by atoms with E-state index >= 15 is 0 Å². The monoisotopic (exact) mass is 291 g/mol. The molecule has 1 saturated heterocycles. The lowest BCUT2D eigenvalue weighted by Gasteiger charge is -2.35. The lowest BCUT2D eigenvalue weighted by atomic mass is 10.1. The van der Waals surface area contributed by atoms with Crippen molar-refractivity contribution < 1.29 is 18.8 Å². The SMILES string of the molecule is CC(=O)N1CCN(c2cc3c(cc2F)C(=O)C(=O)N3)CC1. The van der Waals surface area contributed by atoms with Gasteiger partial charge in [-0.1, -0.05) is 0 Å². The minimum absolute atomic E-state index is 0.00179. The molecule has 3 rings (SSSR count). The molecule has 7 heteroatoms. The summed E-state index contributed by atoms with van der Waals surface area (Å²) in [6, 6.07) is 2.58. The third kappa shape index (κ3) is 2.24. The van der Waals surface area contributed by atoms with Crippen LogP contribution >= 0.6 is 0 Å². The van der Waals surface area contributed by atoms with E-state index in [2.05, 4.69) is 5.32 Å². The van der Waals surface area contributed by atoms with Crippen LogP contribution in [-0.4, -0.2) is 48.7 Å². The average Bonchev–Trinajstić information content (AvgIpc) is 2.73. The molecule has 0 radical (unpaired) electrons. The van der Waals surface area contributed by atoms with Crippen LogP contribution in [0.3, 0.4) is 0 Å². The Morgan fingerprint density at radius 2 is 1.86 bits per heavy atom. The number of nitrogens with zero attached hydrogens (tertiary/aromatic N) is 2. The number of hydrogen-bond acceptors (Lipinski definition) is 4. The lowest BCUT2D eigenvalue weighted by molar-refractivity contribution is -0.129. The van der Waals surface area contributed by atoms with Crippen molar-refractivity contribution in [2.24, 2.45) is 0 Å². The molecule has 2 amide bonds. The zero-order valence-corrected chi connectivity index (χ0v) is 11.5. The van der Waals surface area contributed by atoms with Crippen LogP contribution in [-0.2, 0) is 9.59 Å². The Balaban J connectivity index is 1.85. The second kappa shape index (κ2) is 4.83. The highest BCUT2D eigenvalue weighted by atomic mass is 19.1. The minimum atomic E-state index is -0.733. The van der Waals surface area contributed by atoms with Gasteiger partial charge in [0, 0.05) is 33.1 Å². The van der Waals surface area contributed by atoms with Gasteiger partial charge in [0.05, 0.1) is 16.9 Å². The van der Waals surface area contributed by atoms with Crippen molar-refractivity contribution in [3.8, 4) is 0 Å². The highest BCUT2D eigenvalue weighted by Gasteiger charge is 2.31. The van der Waals surface area contributed by atoms with Gasteiger partial charge in [0.2, 0.25) is 5.91 Å². The van der Waals surface area contributed by atoms with Gasteiger partial charge in [-0.25, -0.2) is 4.39 Å². The smallest absolute Gasteiger partial charge is 0.296 e. The molecule has 2 aliphatic rings. The molecular weight excluding hydrogens is 277 g/mol. The predicted molar refractivity (Wildman–Crippen MR) is 73.8 cm³/mol. The summed E-state index contributed by atoms with van der Waals surface area (Å²) < 4.78 is 14.2. The van der Waals surface area contributed by atoms with Crippen molar-refractivity contribution in [3.63, 3.8) is 0 Å². The standard InChI is InChI=1S/C14H14FN3O3/c1-8(19)17-2-4-18(5-3-17)12-7-11-9(6-10(12)15)13(20)14(21)16-11/h6-7H,2-5H2,1H3,(H,16,20,21). The number of halogens is 1. The zero-order chi connectivity index (χ0) is 15.1. The van der Waals surface area contributed by atoms with Crippen molar-refractivity contribution in [1.82, 2.24) is 4.90 Å². The molecule has 2 heterocycles. The van der Waals surface area contributed by atoms with Crippen molar-refractivity contribution in [1.29, 1.82) is 0 Å². The zero-order valence-electron chi connectivity index (χ0n) is 11.5. The Bertz CT molecular complexity index is 651. The Labute approximate surface area is 120 Å². The first-order valence-corrected chi connectivity index (χ1v) is 6.67. The molecule has 6 nitrogen and oxygen atoms in total. The first-order valence-electron chi connectivity index (χ1n) is 6.67. The van der Waals surface area contributed by atoms with E-state index in [4.69, 9.17) is 0 Å². The van der Waals surface area contributed by atoms with E-state index in [1.807, 2.05) is 4.90 Å².